The van der Waals surface area contributed by atoms with Crippen molar-refractivity contribution < 1.29 is 13.2 Å². The zero-order valence-electron chi connectivity index (χ0n) is 13.9. The molecule has 1 aliphatic heterocycles. The highest BCUT2D eigenvalue weighted by atomic mass is 32.2. The molecule has 1 fully saturated rings. The van der Waals surface area contributed by atoms with Crippen molar-refractivity contribution in [2.24, 2.45) is 4.40 Å². The van der Waals surface area contributed by atoms with Gasteiger partial charge >= 0.3 is 0 Å². The molecule has 1 heterocycles. The molecule has 0 saturated carbocycles. The van der Waals surface area contributed by atoms with Gasteiger partial charge in [-0.2, -0.15) is 11.8 Å². The smallest absolute Gasteiger partial charge is 0.253 e. The van der Waals surface area contributed by atoms with Crippen molar-refractivity contribution >= 4 is 27.7 Å². The quantitative estimate of drug-likeness (QED) is 0.796. The standard InChI is InChI=1S/C15H23N3O3S2/c1-17-9-14(10-18(2)15(17)16-23(4,19)20)22-11-12-5-7-13(21-3)8-6-12/h5-8,14H,9-11H2,1-4H3. The van der Waals surface area contributed by atoms with E-state index in [1.165, 1.54) is 5.56 Å². The Morgan fingerprint density at radius 2 is 1.78 bits per heavy atom. The molecule has 1 aromatic rings. The summed E-state index contributed by atoms with van der Waals surface area (Å²) in [4.78, 5) is 3.80. The first-order valence-corrected chi connectivity index (χ1v) is 10.1. The predicted molar refractivity (Wildman–Crippen MR) is 95.6 cm³/mol. The van der Waals surface area contributed by atoms with Crippen molar-refractivity contribution in [3.8, 4) is 5.75 Å². The average Bonchev–Trinajstić information content (AvgIpc) is 2.48. The summed E-state index contributed by atoms with van der Waals surface area (Å²) in [7, 11) is 2.03. The Balaban J connectivity index is 1.95. The number of guanidine groups is 1. The van der Waals surface area contributed by atoms with E-state index in [9.17, 15) is 8.42 Å². The molecule has 1 aromatic carbocycles. The van der Waals surface area contributed by atoms with Gasteiger partial charge in [-0.25, -0.2) is 8.42 Å². The largest absolute Gasteiger partial charge is 0.497 e. The Morgan fingerprint density at radius 3 is 2.26 bits per heavy atom. The molecule has 8 heteroatoms. The van der Waals surface area contributed by atoms with Crippen LogP contribution in [0.4, 0.5) is 0 Å². The first-order chi connectivity index (χ1) is 10.8. The molecule has 0 radical (unpaired) electrons. The molecule has 0 aliphatic carbocycles. The molecule has 0 unspecified atom stereocenters. The molecule has 0 atom stereocenters. The van der Waals surface area contributed by atoms with Gasteiger partial charge in [-0.15, -0.1) is 4.40 Å². The molecule has 1 saturated heterocycles. The normalized spacial score (nSPS) is 19.0. The van der Waals surface area contributed by atoms with Crippen LogP contribution in [0.5, 0.6) is 5.75 Å². The second-order valence-electron chi connectivity index (χ2n) is 5.67. The molecular weight excluding hydrogens is 334 g/mol. The number of benzene rings is 1. The fraction of sp³-hybridized carbons (Fsp3) is 0.533. The van der Waals surface area contributed by atoms with Gasteiger partial charge in [0.1, 0.15) is 5.75 Å². The van der Waals surface area contributed by atoms with Crippen LogP contribution in [-0.4, -0.2) is 70.0 Å². The summed E-state index contributed by atoms with van der Waals surface area (Å²) in [5.74, 6) is 2.28. The van der Waals surface area contributed by atoms with Crippen molar-refractivity contribution in [2.75, 3.05) is 40.6 Å². The molecule has 0 spiro atoms. The molecule has 0 amide bonds. The van der Waals surface area contributed by atoms with Gasteiger partial charge in [0, 0.05) is 38.2 Å². The minimum atomic E-state index is -3.38. The van der Waals surface area contributed by atoms with Gasteiger partial charge in [-0.3, -0.25) is 0 Å². The molecule has 23 heavy (non-hydrogen) atoms. The molecule has 128 valence electrons. The van der Waals surface area contributed by atoms with Crippen LogP contribution in [0, 0.1) is 0 Å². The van der Waals surface area contributed by atoms with Gasteiger partial charge in [0.15, 0.2) is 0 Å². The van der Waals surface area contributed by atoms with E-state index in [0.717, 1.165) is 30.8 Å². The van der Waals surface area contributed by atoms with Gasteiger partial charge in [0.25, 0.3) is 10.0 Å². The summed E-state index contributed by atoms with van der Waals surface area (Å²) in [6.07, 6.45) is 1.12. The van der Waals surface area contributed by atoms with Gasteiger partial charge < -0.3 is 14.5 Å². The Morgan fingerprint density at radius 1 is 1.22 bits per heavy atom. The third-order valence-corrected chi connectivity index (χ3v) is 5.29. The van der Waals surface area contributed by atoms with Gasteiger partial charge in [0.2, 0.25) is 5.96 Å². The van der Waals surface area contributed by atoms with Crippen molar-refractivity contribution in [1.82, 2.24) is 9.80 Å². The van der Waals surface area contributed by atoms with Crippen LogP contribution in [0.15, 0.2) is 28.7 Å². The van der Waals surface area contributed by atoms with E-state index in [1.807, 2.05) is 47.8 Å². The number of sulfonamides is 1. The van der Waals surface area contributed by atoms with E-state index in [0.29, 0.717) is 11.2 Å². The summed E-state index contributed by atoms with van der Waals surface area (Å²) < 4.78 is 31.7. The van der Waals surface area contributed by atoms with Crippen LogP contribution >= 0.6 is 11.8 Å². The van der Waals surface area contributed by atoms with E-state index in [1.54, 1.807) is 7.11 Å². The van der Waals surface area contributed by atoms with Crippen LogP contribution < -0.4 is 4.74 Å². The first kappa shape index (κ1) is 17.9. The maximum atomic E-state index is 11.4. The SMILES string of the molecule is COc1ccc(CSC2CN(C)C(=NS(C)(=O)=O)N(C)C2)cc1. The summed E-state index contributed by atoms with van der Waals surface area (Å²) in [6, 6.07) is 8.06. The molecule has 0 bridgehead atoms. The Bertz CT molecular complexity index is 645. The molecule has 1 aliphatic rings. The number of methoxy groups -OCH3 is 1. The fourth-order valence-electron chi connectivity index (χ4n) is 2.45. The van der Waals surface area contributed by atoms with Crippen LogP contribution in [0.2, 0.25) is 0 Å². The highest BCUT2D eigenvalue weighted by molar-refractivity contribution is 7.99. The van der Waals surface area contributed by atoms with Crippen LogP contribution in [-0.2, 0) is 15.8 Å². The average molecular weight is 358 g/mol. The second-order valence-corrected chi connectivity index (χ2v) is 8.60. The van der Waals surface area contributed by atoms with Crippen molar-refractivity contribution in [3.63, 3.8) is 0 Å². The molecule has 0 N–H and O–H groups in total. The monoisotopic (exact) mass is 357 g/mol. The lowest BCUT2D eigenvalue weighted by molar-refractivity contribution is 0.326. The first-order valence-electron chi connectivity index (χ1n) is 7.25. The highest BCUT2D eigenvalue weighted by Crippen LogP contribution is 2.24. The maximum Gasteiger partial charge on any atom is 0.253 e. The number of nitrogens with zero attached hydrogens (tertiary/aromatic N) is 3. The van der Waals surface area contributed by atoms with Crippen LogP contribution in [0.1, 0.15) is 5.56 Å². The Labute approximate surface area is 142 Å². The minimum absolute atomic E-state index is 0.394. The maximum absolute atomic E-state index is 11.4. The Hall–Kier alpha value is -1.41. The van der Waals surface area contributed by atoms with Crippen LogP contribution in [0.3, 0.4) is 0 Å². The lowest BCUT2D eigenvalue weighted by Crippen LogP contribution is -2.52. The number of hydrogen-bond acceptors (Lipinski definition) is 4. The number of ether oxygens (including phenoxy) is 1. The van der Waals surface area contributed by atoms with Crippen molar-refractivity contribution in [2.45, 2.75) is 11.0 Å². The third-order valence-electron chi connectivity index (χ3n) is 3.53. The van der Waals surface area contributed by atoms with Gasteiger partial charge in [0.05, 0.1) is 13.4 Å². The summed E-state index contributed by atoms with van der Waals surface area (Å²) >= 11 is 1.86. The molecule has 2 rings (SSSR count). The highest BCUT2D eigenvalue weighted by Gasteiger charge is 2.27. The summed E-state index contributed by atoms with van der Waals surface area (Å²) in [5, 5.41) is 0.394. The lowest BCUT2D eigenvalue weighted by atomic mass is 10.2. The van der Waals surface area contributed by atoms with Crippen LogP contribution in [0.25, 0.3) is 0 Å². The lowest BCUT2D eigenvalue weighted by Gasteiger charge is -2.38. The minimum Gasteiger partial charge on any atom is -0.497 e. The van der Waals surface area contributed by atoms with E-state index >= 15 is 0 Å². The van der Waals surface area contributed by atoms with Gasteiger partial charge in [-0.1, -0.05) is 12.1 Å². The number of thioether (sulfide) groups is 1. The van der Waals surface area contributed by atoms with Gasteiger partial charge in [-0.05, 0) is 17.7 Å². The van der Waals surface area contributed by atoms with Crippen molar-refractivity contribution in [3.05, 3.63) is 29.8 Å². The number of hydrogen-bond donors (Lipinski definition) is 0. The zero-order chi connectivity index (χ0) is 17.0. The zero-order valence-corrected chi connectivity index (χ0v) is 15.5. The van der Waals surface area contributed by atoms with Crippen molar-refractivity contribution in [1.29, 1.82) is 0 Å². The number of rotatable bonds is 5. The summed E-state index contributed by atoms with van der Waals surface area (Å²) in [5.41, 5.74) is 1.25. The predicted octanol–water partition coefficient (Wildman–Crippen LogP) is 1.49. The third kappa shape index (κ3) is 5.31. The van der Waals surface area contributed by atoms with E-state index in [-0.39, 0.29) is 0 Å². The second kappa shape index (κ2) is 7.44. The molecule has 0 aromatic heterocycles. The molecule has 6 nitrogen and oxygen atoms in total. The Kier molecular flexibility index (Phi) is 5.80. The molecular formula is C15H23N3O3S2. The summed E-state index contributed by atoms with van der Waals surface area (Å²) in [6.45, 7) is 1.55. The van der Waals surface area contributed by atoms with E-state index in [4.69, 9.17) is 4.74 Å². The topological polar surface area (TPSA) is 62.2 Å². The van der Waals surface area contributed by atoms with E-state index < -0.39 is 10.0 Å². The van der Waals surface area contributed by atoms with E-state index in [2.05, 4.69) is 16.5 Å². The fourth-order valence-corrected chi connectivity index (χ4v) is 4.31.